The van der Waals surface area contributed by atoms with Gasteiger partial charge >= 0.3 is 0 Å². The van der Waals surface area contributed by atoms with E-state index in [2.05, 4.69) is 5.32 Å². The molecule has 0 aromatic heterocycles. The van der Waals surface area contributed by atoms with Crippen LogP contribution in [-0.2, 0) is 4.79 Å². The Morgan fingerprint density at radius 2 is 2.08 bits per heavy atom. The van der Waals surface area contributed by atoms with Gasteiger partial charge in [-0.2, -0.15) is 0 Å². The highest BCUT2D eigenvalue weighted by molar-refractivity contribution is 6.32. The normalized spacial score (nSPS) is 15.7. The molecule has 1 aliphatic heterocycles. The molecule has 1 heterocycles. The number of benzene rings is 2. The highest BCUT2D eigenvalue weighted by Gasteiger charge is 2.21. The van der Waals surface area contributed by atoms with Crippen LogP contribution < -0.4 is 19.5 Å². The van der Waals surface area contributed by atoms with Crippen LogP contribution in [0.3, 0.4) is 0 Å². The Balaban J connectivity index is 1.45. The number of halogens is 2. The van der Waals surface area contributed by atoms with E-state index in [0.717, 1.165) is 6.07 Å². The second-order valence-electron chi connectivity index (χ2n) is 5.17. The van der Waals surface area contributed by atoms with Crippen molar-refractivity contribution in [3.63, 3.8) is 0 Å². The number of carbonyl (C=O) groups excluding carboxylic acids is 1. The Morgan fingerprint density at radius 3 is 2.88 bits per heavy atom. The monoisotopic (exact) mass is 351 g/mol. The largest absolute Gasteiger partial charge is 0.486 e. The Morgan fingerprint density at radius 1 is 1.29 bits per heavy atom. The van der Waals surface area contributed by atoms with Crippen molar-refractivity contribution in [3.05, 3.63) is 53.3 Å². The fraction of sp³-hybridized carbons (Fsp3) is 0.235. The first-order valence-electron chi connectivity index (χ1n) is 7.35. The molecule has 3 rings (SSSR count). The maximum absolute atomic E-state index is 12.9. The lowest BCUT2D eigenvalue weighted by atomic mass is 10.2. The van der Waals surface area contributed by atoms with Gasteiger partial charge in [0.05, 0.1) is 11.6 Å². The Labute approximate surface area is 143 Å². The van der Waals surface area contributed by atoms with E-state index in [1.807, 2.05) is 24.3 Å². The summed E-state index contributed by atoms with van der Waals surface area (Å²) in [5.41, 5.74) is 0. The summed E-state index contributed by atoms with van der Waals surface area (Å²) < 4.78 is 29.5. The molecule has 0 saturated carbocycles. The molecule has 1 aliphatic rings. The first-order valence-corrected chi connectivity index (χ1v) is 7.72. The fourth-order valence-corrected chi connectivity index (χ4v) is 2.40. The summed E-state index contributed by atoms with van der Waals surface area (Å²) in [4.78, 5) is 11.8. The molecule has 0 spiro atoms. The molecule has 1 amide bonds. The summed E-state index contributed by atoms with van der Waals surface area (Å²) >= 11 is 5.83. The highest BCUT2D eigenvalue weighted by Crippen LogP contribution is 2.30. The molecule has 5 nitrogen and oxygen atoms in total. The van der Waals surface area contributed by atoms with Gasteiger partial charge in [-0.25, -0.2) is 4.39 Å². The molecule has 0 bridgehead atoms. The van der Waals surface area contributed by atoms with Crippen molar-refractivity contribution >= 4 is 17.5 Å². The molecule has 7 heteroatoms. The van der Waals surface area contributed by atoms with Gasteiger partial charge in [0.15, 0.2) is 18.1 Å². The van der Waals surface area contributed by atoms with E-state index in [-0.39, 0.29) is 35.9 Å². The first-order chi connectivity index (χ1) is 11.6. The van der Waals surface area contributed by atoms with Crippen molar-refractivity contribution in [2.75, 3.05) is 19.8 Å². The van der Waals surface area contributed by atoms with Crippen LogP contribution in [0.1, 0.15) is 0 Å². The lowest BCUT2D eigenvalue weighted by Gasteiger charge is -2.26. The number of amides is 1. The van der Waals surface area contributed by atoms with Crippen molar-refractivity contribution < 1.29 is 23.4 Å². The van der Waals surface area contributed by atoms with Gasteiger partial charge in [-0.1, -0.05) is 23.7 Å². The van der Waals surface area contributed by atoms with Crippen LogP contribution in [0.15, 0.2) is 42.5 Å². The van der Waals surface area contributed by atoms with Gasteiger partial charge < -0.3 is 19.5 Å². The van der Waals surface area contributed by atoms with E-state index in [1.54, 1.807) is 0 Å². The maximum atomic E-state index is 12.9. The molecule has 0 radical (unpaired) electrons. The molecular formula is C17H15ClFNO4. The molecule has 0 fully saturated rings. The van der Waals surface area contributed by atoms with Gasteiger partial charge in [0, 0.05) is 0 Å². The number of ether oxygens (including phenoxy) is 3. The first kappa shape index (κ1) is 16.4. The van der Waals surface area contributed by atoms with E-state index < -0.39 is 5.82 Å². The van der Waals surface area contributed by atoms with Crippen LogP contribution in [0.25, 0.3) is 0 Å². The van der Waals surface area contributed by atoms with Crippen molar-refractivity contribution in [3.8, 4) is 17.2 Å². The van der Waals surface area contributed by atoms with Crippen LogP contribution in [0.5, 0.6) is 17.2 Å². The minimum absolute atomic E-state index is 0.114. The average Bonchev–Trinajstić information content (AvgIpc) is 2.59. The number of fused-ring (bicyclic) bond motifs is 1. The lowest BCUT2D eigenvalue weighted by molar-refractivity contribution is -0.123. The van der Waals surface area contributed by atoms with Gasteiger partial charge in [0.25, 0.3) is 5.91 Å². The van der Waals surface area contributed by atoms with Crippen LogP contribution in [0, 0.1) is 5.82 Å². The molecule has 2 aromatic rings. The smallest absolute Gasteiger partial charge is 0.258 e. The fourth-order valence-electron chi connectivity index (χ4n) is 2.18. The SMILES string of the molecule is O=C(COc1ccc(F)cc1Cl)NCC1COc2ccccc2O1. The predicted octanol–water partition coefficient (Wildman–Crippen LogP) is 2.81. The van der Waals surface area contributed by atoms with Gasteiger partial charge in [0.1, 0.15) is 24.3 Å². The number of hydrogen-bond donors (Lipinski definition) is 1. The number of nitrogens with one attached hydrogen (secondary N) is 1. The van der Waals surface area contributed by atoms with Crippen molar-refractivity contribution in [2.24, 2.45) is 0 Å². The molecule has 0 aliphatic carbocycles. The number of carbonyl (C=O) groups is 1. The zero-order valence-electron chi connectivity index (χ0n) is 12.6. The Kier molecular flexibility index (Phi) is 5.05. The van der Waals surface area contributed by atoms with Gasteiger partial charge in [0.2, 0.25) is 0 Å². The molecular weight excluding hydrogens is 337 g/mol. The summed E-state index contributed by atoms with van der Waals surface area (Å²) in [6, 6.07) is 11.1. The molecule has 126 valence electrons. The van der Waals surface area contributed by atoms with E-state index in [9.17, 15) is 9.18 Å². The number of hydrogen-bond acceptors (Lipinski definition) is 4. The molecule has 1 N–H and O–H groups in total. The molecule has 24 heavy (non-hydrogen) atoms. The maximum Gasteiger partial charge on any atom is 0.258 e. The van der Waals surface area contributed by atoms with E-state index in [4.69, 9.17) is 25.8 Å². The second-order valence-corrected chi connectivity index (χ2v) is 5.57. The third-order valence-corrected chi connectivity index (χ3v) is 3.64. The van der Waals surface area contributed by atoms with Gasteiger partial charge in [-0.05, 0) is 30.3 Å². The second kappa shape index (κ2) is 7.40. The summed E-state index contributed by atoms with van der Waals surface area (Å²) in [6.45, 7) is 0.408. The zero-order chi connectivity index (χ0) is 16.9. The van der Waals surface area contributed by atoms with Crippen LogP contribution in [0.4, 0.5) is 4.39 Å². The van der Waals surface area contributed by atoms with Crippen LogP contribution in [0.2, 0.25) is 5.02 Å². The quantitative estimate of drug-likeness (QED) is 0.900. The van der Waals surface area contributed by atoms with E-state index in [0.29, 0.717) is 18.1 Å². The lowest BCUT2D eigenvalue weighted by Crippen LogP contribution is -2.42. The summed E-state index contributed by atoms with van der Waals surface area (Å²) in [6.07, 6.45) is -0.279. The van der Waals surface area contributed by atoms with Crippen LogP contribution in [-0.4, -0.2) is 31.8 Å². The summed E-state index contributed by atoms with van der Waals surface area (Å²) in [7, 11) is 0. The number of rotatable bonds is 5. The standard InChI is InChI=1S/C17H15ClFNO4/c18-13-7-11(19)5-6-14(13)23-10-17(21)20-8-12-9-22-15-3-1-2-4-16(15)24-12/h1-7,12H,8-10H2,(H,20,21). The minimum atomic E-state index is -0.466. The third-order valence-electron chi connectivity index (χ3n) is 3.35. The van der Waals surface area contributed by atoms with Crippen LogP contribution >= 0.6 is 11.6 Å². The molecule has 1 atom stereocenters. The molecule has 2 aromatic carbocycles. The number of para-hydroxylation sites is 2. The van der Waals surface area contributed by atoms with Gasteiger partial charge in [-0.3, -0.25) is 4.79 Å². The minimum Gasteiger partial charge on any atom is -0.486 e. The van der Waals surface area contributed by atoms with Crippen molar-refractivity contribution in [1.82, 2.24) is 5.32 Å². The molecule has 1 unspecified atom stereocenters. The average molecular weight is 352 g/mol. The zero-order valence-corrected chi connectivity index (χ0v) is 13.4. The van der Waals surface area contributed by atoms with Gasteiger partial charge in [-0.15, -0.1) is 0 Å². The Hall–Kier alpha value is -2.47. The van der Waals surface area contributed by atoms with E-state index in [1.165, 1.54) is 12.1 Å². The van der Waals surface area contributed by atoms with Crippen molar-refractivity contribution in [1.29, 1.82) is 0 Å². The molecule has 0 saturated heterocycles. The van der Waals surface area contributed by atoms with Crippen molar-refractivity contribution in [2.45, 2.75) is 6.10 Å². The summed E-state index contributed by atoms with van der Waals surface area (Å²) in [5.74, 6) is 0.787. The predicted molar refractivity (Wildman–Crippen MR) is 86.3 cm³/mol. The summed E-state index contributed by atoms with van der Waals surface area (Å²) in [5, 5.41) is 2.81. The Bertz CT molecular complexity index is 740. The van der Waals surface area contributed by atoms with E-state index >= 15 is 0 Å². The highest BCUT2D eigenvalue weighted by atomic mass is 35.5. The topological polar surface area (TPSA) is 56.8 Å². The third kappa shape index (κ3) is 4.08.